The molecule has 3 rings (SSSR count). The van der Waals surface area contributed by atoms with E-state index in [-0.39, 0.29) is 18.0 Å². The SMILES string of the molecule is COc1ccccc1CNCCCCN1C(=O)C2CCCN2C1=O. The normalized spacial score (nSPS) is 20.0. The number of ether oxygens (including phenoxy) is 1. The van der Waals surface area contributed by atoms with Crippen molar-refractivity contribution in [3.8, 4) is 5.75 Å². The lowest BCUT2D eigenvalue weighted by Crippen LogP contribution is -2.34. The molecular formula is C18H25N3O3. The predicted molar refractivity (Wildman–Crippen MR) is 90.8 cm³/mol. The molecule has 0 aliphatic carbocycles. The summed E-state index contributed by atoms with van der Waals surface area (Å²) in [5, 5.41) is 3.39. The van der Waals surface area contributed by atoms with E-state index in [2.05, 4.69) is 5.32 Å². The first-order valence-electron chi connectivity index (χ1n) is 8.67. The molecule has 1 aromatic carbocycles. The fraction of sp³-hybridized carbons (Fsp3) is 0.556. The number of fused-ring (bicyclic) bond motifs is 1. The molecule has 2 fully saturated rings. The minimum Gasteiger partial charge on any atom is -0.496 e. The monoisotopic (exact) mass is 331 g/mol. The van der Waals surface area contributed by atoms with E-state index in [1.165, 1.54) is 4.90 Å². The molecule has 0 spiro atoms. The van der Waals surface area contributed by atoms with Gasteiger partial charge in [-0.05, 0) is 38.3 Å². The zero-order valence-corrected chi connectivity index (χ0v) is 14.2. The number of rotatable bonds is 8. The summed E-state index contributed by atoms with van der Waals surface area (Å²) in [6.07, 6.45) is 3.53. The molecule has 0 saturated carbocycles. The van der Waals surface area contributed by atoms with Crippen LogP contribution >= 0.6 is 0 Å². The topological polar surface area (TPSA) is 61.9 Å². The van der Waals surface area contributed by atoms with Gasteiger partial charge in [-0.25, -0.2) is 4.79 Å². The van der Waals surface area contributed by atoms with Gasteiger partial charge in [-0.3, -0.25) is 9.69 Å². The molecule has 3 amide bonds. The van der Waals surface area contributed by atoms with Gasteiger partial charge in [0.05, 0.1) is 7.11 Å². The third kappa shape index (κ3) is 3.38. The van der Waals surface area contributed by atoms with Gasteiger partial charge < -0.3 is 15.0 Å². The molecule has 0 aromatic heterocycles. The van der Waals surface area contributed by atoms with Crippen molar-refractivity contribution in [3.05, 3.63) is 29.8 Å². The molecule has 2 aliphatic rings. The highest BCUT2D eigenvalue weighted by Gasteiger charge is 2.46. The quantitative estimate of drug-likeness (QED) is 0.584. The number of methoxy groups -OCH3 is 1. The van der Waals surface area contributed by atoms with Crippen LogP contribution in [0.2, 0.25) is 0 Å². The Balaban J connectivity index is 1.36. The van der Waals surface area contributed by atoms with Crippen LogP contribution in [0.1, 0.15) is 31.2 Å². The lowest BCUT2D eigenvalue weighted by molar-refractivity contribution is -0.128. The summed E-state index contributed by atoms with van der Waals surface area (Å²) in [5.41, 5.74) is 1.13. The number of unbranched alkanes of at least 4 members (excludes halogenated alkanes) is 1. The maximum Gasteiger partial charge on any atom is 0.327 e. The number of urea groups is 1. The zero-order chi connectivity index (χ0) is 16.9. The minimum absolute atomic E-state index is 0.000480. The molecular weight excluding hydrogens is 306 g/mol. The summed E-state index contributed by atoms with van der Waals surface area (Å²) in [5.74, 6) is 0.887. The standard InChI is InChI=1S/C18H25N3O3/c1-24-16-9-3-2-7-14(16)13-19-10-4-5-11-21-17(22)15-8-6-12-20(15)18(21)23/h2-3,7,9,15,19H,4-6,8,10-13H2,1H3. The second kappa shape index (κ2) is 7.66. The van der Waals surface area contributed by atoms with Gasteiger partial charge in [-0.15, -0.1) is 0 Å². The van der Waals surface area contributed by atoms with Crippen LogP contribution in [0.15, 0.2) is 24.3 Å². The first-order chi connectivity index (χ1) is 11.7. The Morgan fingerprint density at radius 1 is 1.25 bits per heavy atom. The van der Waals surface area contributed by atoms with Gasteiger partial charge in [0.15, 0.2) is 0 Å². The Kier molecular flexibility index (Phi) is 5.35. The average molecular weight is 331 g/mol. The van der Waals surface area contributed by atoms with E-state index in [9.17, 15) is 9.59 Å². The van der Waals surface area contributed by atoms with Gasteiger partial charge >= 0.3 is 6.03 Å². The number of carbonyl (C=O) groups is 2. The first-order valence-corrected chi connectivity index (χ1v) is 8.67. The highest BCUT2D eigenvalue weighted by molar-refractivity contribution is 6.04. The molecule has 1 unspecified atom stereocenters. The van der Waals surface area contributed by atoms with Crippen molar-refractivity contribution in [1.29, 1.82) is 0 Å². The lowest BCUT2D eigenvalue weighted by atomic mass is 10.2. The van der Waals surface area contributed by atoms with E-state index in [4.69, 9.17) is 4.74 Å². The van der Waals surface area contributed by atoms with Gasteiger partial charge in [0.25, 0.3) is 5.91 Å². The Morgan fingerprint density at radius 2 is 2.08 bits per heavy atom. The van der Waals surface area contributed by atoms with E-state index in [1.807, 2.05) is 24.3 Å². The minimum atomic E-state index is -0.179. The van der Waals surface area contributed by atoms with Crippen LogP contribution in [0, 0.1) is 0 Å². The Hall–Kier alpha value is -2.08. The number of para-hydroxylation sites is 1. The Morgan fingerprint density at radius 3 is 2.88 bits per heavy atom. The van der Waals surface area contributed by atoms with Crippen molar-refractivity contribution in [2.45, 2.75) is 38.3 Å². The molecule has 1 atom stereocenters. The maximum atomic E-state index is 12.2. The molecule has 6 heteroatoms. The molecule has 2 saturated heterocycles. The Bertz CT molecular complexity index is 583. The van der Waals surface area contributed by atoms with Crippen molar-refractivity contribution in [2.75, 3.05) is 26.7 Å². The number of hydrogen-bond donors (Lipinski definition) is 1. The molecule has 130 valence electrons. The van der Waals surface area contributed by atoms with Crippen LogP contribution in [0.4, 0.5) is 4.79 Å². The third-order valence-corrected chi connectivity index (χ3v) is 4.77. The molecule has 2 aliphatic heterocycles. The number of nitrogens with one attached hydrogen (secondary N) is 1. The van der Waals surface area contributed by atoms with Crippen LogP contribution < -0.4 is 10.1 Å². The van der Waals surface area contributed by atoms with Crippen molar-refractivity contribution in [1.82, 2.24) is 15.1 Å². The third-order valence-electron chi connectivity index (χ3n) is 4.77. The van der Waals surface area contributed by atoms with Crippen LogP contribution in [-0.4, -0.2) is 54.5 Å². The number of benzene rings is 1. The van der Waals surface area contributed by atoms with E-state index in [1.54, 1.807) is 12.0 Å². The number of amides is 3. The first kappa shape index (κ1) is 16.8. The van der Waals surface area contributed by atoms with Crippen molar-refractivity contribution in [3.63, 3.8) is 0 Å². The number of carbonyl (C=O) groups excluding carboxylic acids is 2. The summed E-state index contributed by atoms with van der Waals surface area (Å²) in [6, 6.07) is 7.67. The largest absolute Gasteiger partial charge is 0.496 e. The van der Waals surface area contributed by atoms with Gasteiger partial charge in [-0.1, -0.05) is 18.2 Å². The highest BCUT2D eigenvalue weighted by atomic mass is 16.5. The van der Waals surface area contributed by atoms with Gasteiger partial charge in [0.2, 0.25) is 0 Å². The molecule has 1 aromatic rings. The predicted octanol–water partition coefficient (Wildman–Crippen LogP) is 1.99. The molecule has 6 nitrogen and oxygen atoms in total. The molecule has 1 N–H and O–H groups in total. The van der Waals surface area contributed by atoms with E-state index in [0.717, 1.165) is 56.6 Å². The highest BCUT2D eigenvalue weighted by Crippen LogP contribution is 2.27. The zero-order valence-electron chi connectivity index (χ0n) is 14.2. The van der Waals surface area contributed by atoms with Crippen LogP contribution in [0.25, 0.3) is 0 Å². The average Bonchev–Trinajstić information content (AvgIpc) is 3.17. The van der Waals surface area contributed by atoms with E-state index >= 15 is 0 Å². The van der Waals surface area contributed by atoms with Crippen molar-refractivity contribution in [2.24, 2.45) is 0 Å². The smallest absolute Gasteiger partial charge is 0.327 e. The van der Waals surface area contributed by atoms with Crippen LogP contribution in [-0.2, 0) is 11.3 Å². The summed E-state index contributed by atoms with van der Waals surface area (Å²) < 4.78 is 5.32. The molecule has 0 bridgehead atoms. The van der Waals surface area contributed by atoms with Gasteiger partial charge in [-0.2, -0.15) is 0 Å². The lowest BCUT2D eigenvalue weighted by Gasteiger charge is -2.15. The fourth-order valence-corrected chi connectivity index (χ4v) is 3.48. The van der Waals surface area contributed by atoms with Crippen molar-refractivity contribution >= 4 is 11.9 Å². The molecule has 24 heavy (non-hydrogen) atoms. The summed E-state index contributed by atoms with van der Waals surface area (Å²) >= 11 is 0. The van der Waals surface area contributed by atoms with Crippen molar-refractivity contribution < 1.29 is 14.3 Å². The Labute approximate surface area is 142 Å². The molecule has 0 radical (unpaired) electrons. The fourth-order valence-electron chi connectivity index (χ4n) is 3.48. The van der Waals surface area contributed by atoms with Gasteiger partial charge in [0, 0.05) is 25.2 Å². The second-order valence-electron chi connectivity index (χ2n) is 6.32. The number of imide groups is 1. The number of nitrogens with zero attached hydrogens (tertiary/aromatic N) is 2. The van der Waals surface area contributed by atoms with Crippen LogP contribution in [0.3, 0.4) is 0 Å². The summed E-state index contributed by atoms with van der Waals surface area (Å²) in [6.45, 7) is 2.86. The number of hydrogen-bond acceptors (Lipinski definition) is 4. The summed E-state index contributed by atoms with van der Waals surface area (Å²) in [7, 11) is 1.67. The maximum absolute atomic E-state index is 12.2. The molecule has 2 heterocycles. The van der Waals surface area contributed by atoms with E-state index in [0.29, 0.717) is 6.54 Å². The van der Waals surface area contributed by atoms with E-state index < -0.39 is 0 Å². The second-order valence-corrected chi connectivity index (χ2v) is 6.32. The summed E-state index contributed by atoms with van der Waals surface area (Å²) in [4.78, 5) is 27.5. The van der Waals surface area contributed by atoms with Crippen LogP contribution in [0.5, 0.6) is 5.75 Å². The van der Waals surface area contributed by atoms with Gasteiger partial charge in [0.1, 0.15) is 11.8 Å².